The zero-order chi connectivity index (χ0) is 40.8. The number of hydrogen-bond acceptors (Lipinski definition) is 11. The number of thiocarbonyl (C=S) groups is 1. The number of ketones is 2. The van der Waals surface area contributed by atoms with Crippen molar-refractivity contribution in [3.8, 4) is 10.4 Å². The number of alkyl halides is 3. The Morgan fingerprint density at radius 3 is 1.57 bits per heavy atom. The number of methoxy groups -OCH3 is 2. The van der Waals surface area contributed by atoms with E-state index in [0.29, 0.717) is 37.8 Å². The van der Waals surface area contributed by atoms with Crippen LogP contribution in [0.3, 0.4) is 0 Å². The maximum absolute atomic E-state index is 12.7. The number of carbonyl (C=O) groups excluding carboxylic acids is 5. The van der Waals surface area contributed by atoms with Gasteiger partial charge in [0.1, 0.15) is 29.1 Å². The number of hydrogen-bond donors (Lipinski definition) is 2. The highest BCUT2D eigenvalue weighted by atomic mass is 35.5. The van der Waals surface area contributed by atoms with Gasteiger partial charge in [0.15, 0.2) is 10.5 Å². The molecule has 0 aliphatic carbocycles. The van der Waals surface area contributed by atoms with E-state index in [0.717, 1.165) is 26.4 Å². The number of halogens is 6. The predicted molar refractivity (Wildman–Crippen MR) is 198 cm³/mol. The van der Waals surface area contributed by atoms with Gasteiger partial charge in [-0.25, -0.2) is 32.5 Å². The van der Waals surface area contributed by atoms with Crippen molar-refractivity contribution in [3.05, 3.63) is 112 Å². The second-order valence-electron chi connectivity index (χ2n) is 9.43. The number of thiazole rings is 1. The summed E-state index contributed by atoms with van der Waals surface area (Å²) in [5.74, 6) is -6.02. The number of esters is 2. The van der Waals surface area contributed by atoms with Crippen molar-refractivity contribution in [3.63, 3.8) is 0 Å². The standard InChI is InChI=1S/C11H8FNO2S.C10H8ClFO3.C7H5FO.C4H4Cl2O3.C2H5NS/c1-6-13-9(11(14)15)10(16-6)7-2-4-8(12)5-3-7;1-15-10(14)9(13)8(11)6-2-4-7(12)5-3-6;8-7-3-1-6(5-9)2-4-7;1-9-4(8)2(7)3(5)6;1-2(3)4/h2-5H,1H3,(H,14,15);2-5,8H,1H3;1-5H;3H,1H3;1H3,(H2,3,4). The van der Waals surface area contributed by atoms with Crippen LogP contribution < -0.4 is 5.73 Å². The first-order valence-electron chi connectivity index (χ1n) is 14.1. The maximum atomic E-state index is 12.7. The minimum absolute atomic E-state index is 0.0223. The van der Waals surface area contributed by atoms with Gasteiger partial charge in [-0.05, 0) is 73.5 Å². The minimum atomic E-state index is -1.32. The highest BCUT2D eigenvalue weighted by Crippen LogP contribution is 2.30. The monoisotopic (exact) mass is 836 g/mol. The fourth-order valence-corrected chi connectivity index (χ4v) is 4.42. The molecule has 1 aromatic heterocycles. The Bertz CT molecular complexity index is 1840. The van der Waals surface area contributed by atoms with Crippen LogP contribution in [0.5, 0.6) is 0 Å². The third kappa shape index (κ3) is 19.1. The molecule has 0 saturated carbocycles. The molecule has 53 heavy (non-hydrogen) atoms. The van der Waals surface area contributed by atoms with E-state index in [1.54, 1.807) is 26.0 Å². The third-order valence-electron chi connectivity index (χ3n) is 5.41. The number of carboxylic acid groups (broad SMARTS) is 1. The average Bonchev–Trinajstić information content (AvgIpc) is 3.53. The highest BCUT2D eigenvalue weighted by Gasteiger charge is 2.25. The summed E-state index contributed by atoms with van der Waals surface area (Å²) in [7, 11) is 2.17. The Labute approximate surface area is 325 Å². The Kier molecular flexibility index (Phi) is 23.0. The molecule has 284 valence electrons. The van der Waals surface area contributed by atoms with Gasteiger partial charge in [0.05, 0.1) is 29.1 Å². The fraction of sp³-hybridized carbons (Fsp3) is 0.176. The average molecular weight is 838 g/mol. The second-order valence-corrected chi connectivity index (χ2v) is 12.8. The van der Waals surface area contributed by atoms with Gasteiger partial charge < -0.3 is 20.3 Å². The van der Waals surface area contributed by atoms with Gasteiger partial charge in [0, 0.05) is 5.56 Å². The van der Waals surface area contributed by atoms with Crippen molar-refractivity contribution in [2.45, 2.75) is 24.1 Å². The summed E-state index contributed by atoms with van der Waals surface area (Å²) in [6, 6.07) is 16.1. The number of ether oxygens (including phenoxy) is 2. The number of nitrogens with zero attached hydrogens (tertiary/aromatic N) is 1. The van der Waals surface area contributed by atoms with E-state index in [-0.39, 0.29) is 17.3 Å². The SMILES string of the molecule is CC(N)=S.COC(=O)C(=O)C(Cl)Cl.COC(=O)C(=O)C(Cl)c1ccc(F)cc1.Cc1nc(C(=O)O)c(-c2ccc(F)cc2)s1.O=Cc1ccc(F)cc1. The summed E-state index contributed by atoms with van der Waals surface area (Å²) < 4.78 is 45.6. The summed E-state index contributed by atoms with van der Waals surface area (Å²) in [6.07, 6.45) is 0.680. The number of aromatic nitrogens is 1. The molecule has 0 saturated heterocycles. The van der Waals surface area contributed by atoms with Crippen molar-refractivity contribution in [2.24, 2.45) is 5.73 Å². The van der Waals surface area contributed by atoms with Crippen LogP contribution in [0.1, 0.15) is 43.7 Å². The van der Waals surface area contributed by atoms with Gasteiger partial charge in [0.2, 0.25) is 0 Å². The molecule has 4 aromatic rings. The van der Waals surface area contributed by atoms with Crippen molar-refractivity contribution in [1.29, 1.82) is 0 Å². The van der Waals surface area contributed by atoms with Gasteiger partial charge in [-0.2, -0.15) is 0 Å². The highest BCUT2D eigenvalue weighted by molar-refractivity contribution is 7.80. The van der Waals surface area contributed by atoms with Gasteiger partial charge in [-0.3, -0.25) is 14.4 Å². The molecule has 0 radical (unpaired) electrons. The lowest BCUT2D eigenvalue weighted by Gasteiger charge is -2.06. The normalized spacial score (nSPS) is 10.1. The van der Waals surface area contributed by atoms with Crippen molar-refractivity contribution < 1.29 is 56.5 Å². The minimum Gasteiger partial charge on any atom is -0.476 e. The van der Waals surface area contributed by atoms with E-state index in [9.17, 15) is 41.9 Å². The molecular weight excluding hydrogens is 808 g/mol. The van der Waals surface area contributed by atoms with Crippen LogP contribution in [-0.4, -0.2) is 69.9 Å². The molecule has 4 rings (SSSR count). The van der Waals surface area contributed by atoms with E-state index < -0.39 is 45.5 Å². The predicted octanol–water partition coefficient (Wildman–Crippen LogP) is 7.27. The van der Waals surface area contributed by atoms with Crippen molar-refractivity contribution in [1.82, 2.24) is 4.98 Å². The Morgan fingerprint density at radius 2 is 1.21 bits per heavy atom. The van der Waals surface area contributed by atoms with E-state index in [2.05, 4.69) is 26.7 Å². The van der Waals surface area contributed by atoms with Crippen LogP contribution >= 0.6 is 58.4 Å². The first-order valence-corrected chi connectivity index (χ1v) is 16.7. The van der Waals surface area contributed by atoms with Crippen molar-refractivity contribution >= 4 is 99.1 Å². The summed E-state index contributed by atoms with van der Waals surface area (Å²) >= 11 is 21.3. The van der Waals surface area contributed by atoms with Crippen LogP contribution in [0.4, 0.5) is 13.2 Å². The molecule has 3 aromatic carbocycles. The van der Waals surface area contributed by atoms with Crippen LogP contribution in [0, 0.1) is 24.4 Å². The molecule has 1 unspecified atom stereocenters. The van der Waals surface area contributed by atoms with Gasteiger partial charge in [-0.1, -0.05) is 59.7 Å². The van der Waals surface area contributed by atoms with E-state index in [1.165, 1.54) is 59.9 Å². The zero-order valence-electron chi connectivity index (χ0n) is 28.0. The molecule has 19 heteroatoms. The van der Waals surface area contributed by atoms with Gasteiger partial charge in [-0.15, -0.1) is 22.9 Å². The molecule has 0 fully saturated rings. The lowest BCUT2D eigenvalue weighted by molar-refractivity contribution is -0.151. The Balaban J connectivity index is 0.000000677. The number of nitrogens with two attached hydrogens (primary N) is 1. The lowest BCUT2D eigenvalue weighted by atomic mass is 10.1. The number of rotatable bonds is 8. The molecule has 0 bridgehead atoms. The number of aldehydes is 1. The first kappa shape index (κ1) is 48.3. The largest absolute Gasteiger partial charge is 0.476 e. The summed E-state index contributed by atoms with van der Waals surface area (Å²) in [5, 5.41) is 8.50. The van der Waals surface area contributed by atoms with Crippen LogP contribution in [0.2, 0.25) is 0 Å². The number of aryl methyl sites for hydroxylation is 1. The molecule has 3 N–H and O–H groups in total. The maximum Gasteiger partial charge on any atom is 0.377 e. The molecule has 0 amide bonds. The number of carboxylic acids is 1. The van der Waals surface area contributed by atoms with Gasteiger partial charge >= 0.3 is 17.9 Å². The summed E-state index contributed by atoms with van der Waals surface area (Å²) in [4.78, 5) is 67.3. The van der Waals surface area contributed by atoms with Crippen molar-refractivity contribution in [2.75, 3.05) is 14.2 Å². The molecule has 1 heterocycles. The molecule has 0 aliphatic rings. The molecule has 11 nitrogen and oxygen atoms in total. The third-order valence-corrected chi connectivity index (χ3v) is 7.28. The van der Waals surface area contributed by atoms with Crippen LogP contribution in [0.15, 0.2) is 72.8 Å². The van der Waals surface area contributed by atoms with E-state index in [4.69, 9.17) is 45.6 Å². The topological polar surface area (TPSA) is 180 Å². The quantitative estimate of drug-likeness (QED) is 0.0597. The van der Waals surface area contributed by atoms with E-state index in [1.807, 2.05) is 0 Å². The fourth-order valence-electron chi connectivity index (χ4n) is 3.09. The Hall–Kier alpha value is -4.74. The lowest BCUT2D eigenvalue weighted by Crippen LogP contribution is -2.21. The smallest absolute Gasteiger partial charge is 0.377 e. The molecule has 1 atom stereocenters. The summed E-state index contributed by atoms with van der Waals surface area (Å²) in [5.41, 5.74) is 6.39. The molecular formula is C34H30Cl3F3N2O9S2. The first-order chi connectivity index (χ1) is 24.8. The second kappa shape index (κ2) is 25.3. The summed E-state index contributed by atoms with van der Waals surface area (Å²) in [6.45, 7) is 3.42. The number of benzene rings is 3. The molecule has 0 spiro atoms. The number of carbonyl (C=O) groups is 6. The number of Topliss-reactive ketones (excluding diaryl/α,β-unsaturated/α-hetero) is 2. The van der Waals surface area contributed by atoms with Crippen LogP contribution in [0.25, 0.3) is 10.4 Å². The Morgan fingerprint density at radius 1 is 0.811 bits per heavy atom. The number of aromatic carboxylic acids is 1. The van der Waals surface area contributed by atoms with E-state index >= 15 is 0 Å². The zero-order valence-corrected chi connectivity index (χ0v) is 31.9. The molecule has 0 aliphatic heterocycles. The van der Waals surface area contributed by atoms with Gasteiger partial charge in [0.25, 0.3) is 11.6 Å². The van der Waals surface area contributed by atoms with Crippen LogP contribution in [-0.2, 0) is 28.7 Å².